The Kier molecular flexibility index (Phi) is 6.90. The first-order chi connectivity index (χ1) is 17.0. The van der Waals surface area contributed by atoms with Gasteiger partial charge < -0.3 is 34.2 Å². The minimum absolute atomic E-state index is 0.116. The Morgan fingerprint density at radius 1 is 1.03 bits per heavy atom. The van der Waals surface area contributed by atoms with E-state index in [-0.39, 0.29) is 17.4 Å². The van der Waals surface area contributed by atoms with Crippen LogP contribution in [0.15, 0.2) is 59.2 Å². The van der Waals surface area contributed by atoms with Crippen LogP contribution in [-0.2, 0) is 23.8 Å². The van der Waals surface area contributed by atoms with E-state index in [0.717, 1.165) is 63.9 Å². The molecule has 1 atom stereocenters. The number of methoxy groups -OCH3 is 1. The number of benzene rings is 1. The van der Waals surface area contributed by atoms with Crippen LogP contribution in [0, 0.1) is 0 Å². The summed E-state index contributed by atoms with van der Waals surface area (Å²) in [7, 11) is 3.63. The van der Waals surface area contributed by atoms with Crippen LogP contribution < -0.4 is 10.2 Å². The molecule has 0 aromatic heterocycles. The third kappa shape index (κ3) is 4.98. The Labute approximate surface area is 205 Å². The first kappa shape index (κ1) is 23.6. The van der Waals surface area contributed by atoms with Crippen molar-refractivity contribution in [2.45, 2.75) is 12.5 Å². The van der Waals surface area contributed by atoms with E-state index in [0.29, 0.717) is 23.4 Å². The fourth-order valence-electron chi connectivity index (χ4n) is 4.77. The summed E-state index contributed by atoms with van der Waals surface area (Å²) in [6, 6.07) is 7.77. The van der Waals surface area contributed by atoms with Crippen LogP contribution >= 0.6 is 0 Å². The van der Waals surface area contributed by atoms with E-state index in [4.69, 9.17) is 14.2 Å². The van der Waals surface area contributed by atoms with Crippen LogP contribution in [0.25, 0.3) is 0 Å². The summed E-state index contributed by atoms with van der Waals surface area (Å²) in [5.74, 6) is 0.220. The van der Waals surface area contributed by atoms with Crippen molar-refractivity contribution < 1.29 is 23.8 Å². The summed E-state index contributed by atoms with van der Waals surface area (Å²) in [5.41, 5.74) is 3.17. The Morgan fingerprint density at radius 2 is 1.74 bits per heavy atom. The van der Waals surface area contributed by atoms with Gasteiger partial charge in [0, 0.05) is 69.7 Å². The number of likely N-dealkylation sites (N-methyl/N-ethyl adjacent to an activating group) is 1. The smallest absolute Gasteiger partial charge is 0.291 e. The van der Waals surface area contributed by atoms with Crippen molar-refractivity contribution in [1.82, 2.24) is 9.80 Å². The maximum Gasteiger partial charge on any atom is 0.291 e. The second-order valence-electron chi connectivity index (χ2n) is 9.15. The fourth-order valence-corrected chi connectivity index (χ4v) is 4.77. The molecule has 1 aliphatic carbocycles. The molecule has 1 N–H and O–H groups in total. The van der Waals surface area contributed by atoms with E-state index in [1.54, 1.807) is 6.08 Å². The third-order valence-corrected chi connectivity index (χ3v) is 6.90. The molecule has 1 aromatic carbocycles. The largest absolute Gasteiger partial charge is 0.449 e. The van der Waals surface area contributed by atoms with Crippen molar-refractivity contribution in [1.29, 1.82) is 0 Å². The van der Waals surface area contributed by atoms with Gasteiger partial charge in [0.25, 0.3) is 5.91 Å². The molecular weight excluding hydrogens is 448 g/mol. The van der Waals surface area contributed by atoms with Crippen molar-refractivity contribution in [2.75, 3.05) is 76.9 Å². The van der Waals surface area contributed by atoms with Crippen LogP contribution in [-0.4, -0.2) is 94.2 Å². The number of ketones is 1. The topological polar surface area (TPSA) is 83.6 Å². The van der Waals surface area contributed by atoms with Gasteiger partial charge in [0.1, 0.15) is 6.10 Å². The number of hydrogen-bond acceptors (Lipinski definition) is 8. The minimum atomic E-state index is -0.638. The molecule has 1 unspecified atom stereocenters. The predicted octanol–water partition coefficient (Wildman–Crippen LogP) is 1.75. The molecule has 0 saturated carbocycles. The number of carbonyl (C=O) groups excluding carboxylic acids is 2. The van der Waals surface area contributed by atoms with Gasteiger partial charge in [-0.1, -0.05) is 0 Å². The minimum Gasteiger partial charge on any atom is -0.449 e. The highest BCUT2D eigenvalue weighted by molar-refractivity contribution is 6.06. The number of carbonyl (C=O) groups is 2. The lowest BCUT2D eigenvalue weighted by atomic mass is 9.92. The van der Waals surface area contributed by atoms with E-state index < -0.39 is 6.10 Å². The number of Topliss-reactive ketones (excluding diaryl/α,β-unsaturated/α-hetero) is 1. The molecular formula is C26H32N4O5. The van der Waals surface area contributed by atoms with Crippen molar-refractivity contribution in [2.24, 2.45) is 0 Å². The molecule has 3 aliphatic heterocycles. The molecule has 2 saturated heterocycles. The van der Waals surface area contributed by atoms with E-state index in [9.17, 15) is 9.59 Å². The summed E-state index contributed by atoms with van der Waals surface area (Å²) in [6.45, 7) is 6.61. The first-order valence-electron chi connectivity index (χ1n) is 12.1. The number of nitrogens with one attached hydrogen (secondary N) is 1. The molecule has 0 radical (unpaired) electrons. The zero-order valence-corrected chi connectivity index (χ0v) is 20.3. The molecule has 0 bridgehead atoms. The second kappa shape index (κ2) is 10.2. The van der Waals surface area contributed by atoms with Crippen molar-refractivity contribution >= 4 is 23.1 Å². The third-order valence-electron chi connectivity index (χ3n) is 6.90. The summed E-state index contributed by atoms with van der Waals surface area (Å²) in [5, 5.41) is 2.92. The van der Waals surface area contributed by atoms with Crippen molar-refractivity contribution in [3.63, 3.8) is 0 Å². The molecule has 2 fully saturated rings. The molecule has 5 rings (SSSR count). The van der Waals surface area contributed by atoms with Gasteiger partial charge in [-0.15, -0.1) is 0 Å². The maximum absolute atomic E-state index is 13.1. The number of rotatable bonds is 5. The van der Waals surface area contributed by atoms with Crippen molar-refractivity contribution in [3.05, 3.63) is 59.2 Å². The summed E-state index contributed by atoms with van der Waals surface area (Å²) in [4.78, 5) is 32.7. The average Bonchev–Trinajstić information content (AvgIpc) is 2.90. The number of nitrogens with zero attached hydrogens (tertiary/aromatic N) is 3. The normalized spacial score (nSPS) is 23.4. The van der Waals surface area contributed by atoms with E-state index in [1.807, 2.05) is 30.3 Å². The Morgan fingerprint density at radius 3 is 2.43 bits per heavy atom. The Balaban J connectivity index is 1.29. The highest BCUT2D eigenvalue weighted by atomic mass is 16.5. The van der Waals surface area contributed by atoms with Crippen LogP contribution in [0.4, 0.5) is 11.4 Å². The molecule has 35 heavy (non-hydrogen) atoms. The number of morpholine rings is 1. The number of amides is 1. The molecule has 0 spiro atoms. The van der Waals surface area contributed by atoms with Gasteiger partial charge in [-0.05, 0) is 43.5 Å². The van der Waals surface area contributed by atoms with Gasteiger partial charge in [-0.25, -0.2) is 0 Å². The fraction of sp³-hybridized carbons (Fsp3) is 0.462. The monoisotopic (exact) mass is 480 g/mol. The molecule has 4 aliphatic rings. The zero-order chi connectivity index (χ0) is 24.4. The van der Waals surface area contributed by atoms with E-state index in [1.165, 1.54) is 7.11 Å². The van der Waals surface area contributed by atoms with Crippen LogP contribution in [0.2, 0.25) is 0 Å². The van der Waals surface area contributed by atoms with Crippen LogP contribution in [0.3, 0.4) is 0 Å². The van der Waals surface area contributed by atoms with Gasteiger partial charge in [0.15, 0.2) is 17.3 Å². The molecule has 1 aromatic rings. The first-order valence-corrected chi connectivity index (χ1v) is 12.1. The Bertz CT molecular complexity index is 1060. The number of allylic oxidation sites excluding steroid dienone is 1. The highest BCUT2D eigenvalue weighted by Gasteiger charge is 2.37. The summed E-state index contributed by atoms with van der Waals surface area (Å²) >= 11 is 0. The molecule has 9 heteroatoms. The SMILES string of the molecule is COC1C=C(N2CCN(C)CC2)C2=C(CC=C(C(=O)Nc3ccc(N4CCOCC4)cc3)O2)C1=O. The Hall–Kier alpha value is -3.14. The maximum atomic E-state index is 13.1. The van der Waals surface area contributed by atoms with Crippen LogP contribution in [0.5, 0.6) is 0 Å². The van der Waals surface area contributed by atoms with Gasteiger partial charge >= 0.3 is 0 Å². The number of hydrogen-bond donors (Lipinski definition) is 1. The number of anilines is 2. The summed E-state index contributed by atoms with van der Waals surface area (Å²) in [6.07, 6.45) is 3.18. The number of ether oxygens (including phenoxy) is 3. The zero-order valence-electron chi connectivity index (χ0n) is 20.3. The van der Waals surface area contributed by atoms with Gasteiger partial charge in [-0.2, -0.15) is 0 Å². The molecule has 3 heterocycles. The second-order valence-corrected chi connectivity index (χ2v) is 9.15. The highest BCUT2D eigenvalue weighted by Crippen LogP contribution is 2.35. The van der Waals surface area contributed by atoms with Gasteiger partial charge in [-0.3, -0.25) is 9.59 Å². The lowest BCUT2D eigenvalue weighted by molar-refractivity contribution is -0.123. The standard InChI is InChI=1S/C26H32N4O5/c1-28-9-11-30(12-10-28)21-17-23(33-2)24(31)20-7-8-22(35-25(20)21)26(32)27-18-3-5-19(6-4-18)29-13-15-34-16-14-29/h3-6,8,17,23H,7,9-16H2,1-2H3,(H,27,32). The average molecular weight is 481 g/mol. The number of piperazine rings is 1. The molecule has 186 valence electrons. The quantitative estimate of drug-likeness (QED) is 0.683. The van der Waals surface area contributed by atoms with E-state index in [2.05, 4.69) is 27.1 Å². The molecule has 1 amide bonds. The lowest BCUT2D eigenvalue weighted by Gasteiger charge is -2.39. The predicted molar refractivity (Wildman–Crippen MR) is 132 cm³/mol. The lowest BCUT2D eigenvalue weighted by Crippen LogP contribution is -2.46. The van der Waals surface area contributed by atoms with Crippen LogP contribution in [0.1, 0.15) is 6.42 Å². The molecule has 9 nitrogen and oxygen atoms in total. The van der Waals surface area contributed by atoms with Crippen molar-refractivity contribution in [3.8, 4) is 0 Å². The van der Waals surface area contributed by atoms with E-state index >= 15 is 0 Å². The van der Waals surface area contributed by atoms with Gasteiger partial charge in [0.05, 0.1) is 18.9 Å². The van der Waals surface area contributed by atoms with Gasteiger partial charge in [0.2, 0.25) is 0 Å². The summed E-state index contributed by atoms with van der Waals surface area (Å²) < 4.78 is 17.0.